The molecule has 26 heavy (non-hydrogen) atoms. The zero-order valence-electron chi connectivity index (χ0n) is 15.9. The standard InChI is InChI=1S/C20H28N2O4/c1-5-6-7-8-9-15(2)19-20(18(24-4)16(3)13-25-19)26-17(23)12-22-11-10-21-14-22/h5-11,14,16,18-20H,12-13H2,1-4H3/t16-,18-,19-,20+/m1/s1. The second kappa shape index (κ2) is 10.1. The average molecular weight is 360 g/mol. The first-order valence-electron chi connectivity index (χ1n) is 8.82. The van der Waals surface area contributed by atoms with Crippen molar-refractivity contribution in [3.8, 4) is 0 Å². The summed E-state index contributed by atoms with van der Waals surface area (Å²) in [6, 6.07) is 0. The first-order valence-corrected chi connectivity index (χ1v) is 8.82. The smallest absolute Gasteiger partial charge is 0.326 e. The van der Waals surface area contributed by atoms with E-state index in [1.807, 2.05) is 51.2 Å². The van der Waals surface area contributed by atoms with Crippen LogP contribution in [0.15, 0.2) is 54.7 Å². The molecule has 0 aliphatic carbocycles. The Bertz CT molecular complexity index is 649. The average Bonchev–Trinajstić information content (AvgIpc) is 3.11. The number of nitrogens with zero attached hydrogens (tertiary/aromatic N) is 2. The minimum Gasteiger partial charge on any atom is -0.455 e. The molecule has 1 aliphatic rings. The Hall–Kier alpha value is -2.18. The van der Waals surface area contributed by atoms with Gasteiger partial charge in [0.05, 0.1) is 12.9 Å². The highest BCUT2D eigenvalue weighted by Crippen LogP contribution is 2.29. The molecule has 1 aromatic rings. The third kappa shape index (κ3) is 5.41. The molecule has 0 spiro atoms. The van der Waals surface area contributed by atoms with Crippen molar-refractivity contribution >= 4 is 5.97 Å². The molecule has 4 atom stereocenters. The van der Waals surface area contributed by atoms with Gasteiger partial charge in [0.15, 0.2) is 6.10 Å². The van der Waals surface area contributed by atoms with Crippen molar-refractivity contribution in [2.45, 2.75) is 45.6 Å². The maximum absolute atomic E-state index is 12.4. The van der Waals surface area contributed by atoms with Gasteiger partial charge < -0.3 is 18.8 Å². The van der Waals surface area contributed by atoms with Gasteiger partial charge >= 0.3 is 5.97 Å². The van der Waals surface area contributed by atoms with Crippen LogP contribution in [-0.2, 0) is 25.5 Å². The summed E-state index contributed by atoms with van der Waals surface area (Å²) in [5, 5.41) is 0. The number of hydrogen-bond acceptors (Lipinski definition) is 5. The maximum atomic E-state index is 12.4. The zero-order chi connectivity index (χ0) is 18.9. The molecule has 0 N–H and O–H groups in total. The number of allylic oxidation sites excluding steroid dienone is 5. The van der Waals surface area contributed by atoms with Gasteiger partial charge in [-0.1, -0.05) is 37.3 Å². The van der Waals surface area contributed by atoms with Crippen molar-refractivity contribution in [2.24, 2.45) is 5.92 Å². The molecule has 1 aliphatic heterocycles. The largest absolute Gasteiger partial charge is 0.455 e. The van der Waals surface area contributed by atoms with Crippen molar-refractivity contribution in [2.75, 3.05) is 13.7 Å². The van der Waals surface area contributed by atoms with Crippen LogP contribution in [0.25, 0.3) is 0 Å². The number of methoxy groups -OCH3 is 1. The van der Waals surface area contributed by atoms with Crippen LogP contribution < -0.4 is 0 Å². The van der Waals surface area contributed by atoms with Gasteiger partial charge in [-0.05, 0) is 19.4 Å². The van der Waals surface area contributed by atoms with Gasteiger partial charge in [-0.15, -0.1) is 0 Å². The number of esters is 1. The summed E-state index contributed by atoms with van der Waals surface area (Å²) in [6.45, 7) is 6.64. The summed E-state index contributed by atoms with van der Waals surface area (Å²) in [4.78, 5) is 16.3. The van der Waals surface area contributed by atoms with Crippen LogP contribution in [0, 0.1) is 5.92 Å². The molecule has 6 heteroatoms. The molecule has 6 nitrogen and oxygen atoms in total. The Morgan fingerprint density at radius 1 is 1.35 bits per heavy atom. The first kappa shape index (κ1) is 20.1. The second-order valence-electron chi connectivity index (χ2n) is 6.44. The van der Waals surface area contributed by atoms with Crippen LogP contribution in [0.2, 0.25) is 0 Å². The van der Waals surface area contributed by atoms with E-state index in [4.69, 9.17) is 14.2 Å². The lowest BCUT2D eigenvalue weighted by molar-refractivity contribution is -0.192. The highest BCUT2D eigenvalue weighted by atomic mass is 16.6. The van der Waals surface area contributed by atoms with E-state index in [-0.39, 0.29) is 30.6 Å². The van der Waals surface area contributed by atoms with Crippen LogP contribution in [0.5, 0.6) is 0 Å². The summed E-state index contributed by atoms with van der Waals surface area (Å²) >= 11 is 0. The fourth-order valence-corrected chi connectivity index (χ4v) is 3.02. The third-order valence-corrected chi connectivity index (χ3v) is 4.35. The highest BCUT2D eigenvalue weighted by molar-refractivity contribution is 5.69. The lowest BCUT2D eigenvalue weighted by Crippen LogP contribution is -2.52. The molecule has 1 saturated heterocycles. The van der Waals surface area contributed by atoms with E-state index in [2.05, 4.69) is 4.98 Å². The second-order valence-corrected chi connectivity index (χ2v) is 6.44. The number of ether oxygens (including phenoxy) is 3. The van der Waals surface area contributed by atoms with E-state index >= 15 is 0 Å². The molecule has 1 aromatic heterocycles. The van der Waals surface area contributed by atoms with E-state index in [1.165, 1.54) is 0 Å². The monoisotopic (exact) mass is 360 g/mol. The molecule has 0 radical (unpaired) electrons. The minimum absolute atomic E-state index is 0.109. The number of imidazole rings is 1. The molecular weight excluding hydrogens is 332 g/mol. The lowest BCUT2D eigenvalue weighted by Gasteiger charge is -2.40. The maximum Gasteiger partial charge on any atom is 0.326 e. The SMILES string of the molecule is CC=CC=CC=C(C)[C@H]1OC[C@@H](C)[C@@H](OC)[C@@H]1OC(=O)Cn1ccnc1. The van der Waals surface area contributed by atoms with Crippen LogP contribution in [0.4, 0.5) is 0 Å². The van der Waals surface area contributed by atoms with Crippen LogP contribution in [0.1, 0.15) is 20.8 Å². The van der Waals surface area contributed by atoms with Gasteiger partial charge in [0.2, 0.25) is 0 Å². The van der Waals surface area contributed by atoms with Crippen LogP contribution in [0.3, 0.4) is 0 Å². The molecule has 2 rings (SSSR count). The molecule has 142 valence electrons. The Morgan fingerprint density at radius 2 is 2.15 bits per heavy atom. The third-order valence-electron chi connectivity index (χ3n) is 4.35. The van der Waals surface area contributed by atoms with Gasteiger partial charge in [-0.3, -0.25) is 4.79 Å². The van der Waals surface area contributed by atoms with E-state index < -0.39 is 6.10 Å². The van der Waals surface area contributed by atoms with Gasteiger partial charge in [0, 0.05) is 25.4 Å². The van der Waals surface area contributed by atoms with Gasteiger partial charge in [-0.25, -0.2) is 4.98 Å². The van der Waals surface area contributed by atoms with Crippen molar-refractivity contribution in [3.63, 3.8) is 0 Å². The molecule has 0 amide bonds. The summed E-state index contributed by atoms with van der Waals surface area (Å²) in [7, 11) is 1.64. The molecule has 0 unspecified atom stereocenters. The normalized spacial score (nSPS) is 27.3. The number of aromatic nitrogens is 2. The number of rotatable bonds is 7. The van der Waals surface area contributed by atoms with Crippen molar-refractivity contribution in [3.05, 3.63) is 54.7 Å². The quantitative estimate of drug-likeness (QED) is 0.553. The summed E-state index contributed by atoms with van der Waals surface area (Å²) < 4.78 is 19.1. The molecule has 1 fully saturated rings. The predicted molar refractivity (Wildman–Crippen MR) is 99.5 cm³/mol. The Kier molecular flexibility index (Phi) is 7.81. The Balaban J connectivity index is 2.14. The van der Waals surface area contributed by atoms with E-state index in [1.54, 1.807) is 30.4 Å². The topological polar surface area (TPSA) is 62.6 Å². The van der Waals surface area contributed by atoms with Gasteiger partial charge in [0.1, 0.15) is 18.8 Å². The predicted octanol–water partition coefficient (Wildman–Crippen LogP) is 2.92. The number of carbonyl (C=O) groups is 1. The molecule has 0 saturated carbocycles. The number of carbonyl (C=O) groups excluding carboxylic acids is 1. The summed E-state index contributed by atoms with van der Waals surface area (Å²) in [5.41, 5.74) is 0.986. The molecule has 0 aromatic carbocycles. The van der Waals surface area contributed by atoms with Crippen molar-refractivity contribution < 1.29 is 19.0 Å². The van der Waals surface area contributed by atoms with Gasteiger partial charge in [-0.2, -0.15) is 0 Å². The molecule has 0 bridgehead atoms. The minimum atomic E-state index is -0.494. The summed E-state index contributed by atoms with van der Waals surface area (Å²) in [6.07, 6.45) is 13.7. The van der Waals surface area contributed by atoms with Crippen LogP contribution >= 0.6 is 0 Å². The van der Waals surface area contributed by atoms with E-state index in [0.717, 1.165) is 5.57 Å². The summed E-state index contributed by atoms with van der Waals surface area (Å²) in [5.74, 6) is -0.205. The number of hydrogen-bond donors (Lipinski definition) is 0. The fourth-order valence-electron chi connectivity index (χ4n) is 3.02. The van der Waals surface area contributed by atoms with E-state index in [9.17, 15) is 4.79 Å². The fraction of sp³-hybridized carbons (Fsp3) is 0.500. The zero-order valence-corrected chi connectivity index (χ0v) is 15.9. The van der Waals surface area contributed by atoms with E-state index in [0.29, 0.717) is 6.61 Å². The van der Waals surface area contributed by atoms with Crippen molar-refractivity contribution in [1.29, 1.82) is 0 Å². The lowest BCUT2D eigenvalue weighted by atomic mass is 9.90. The molecule has 2 heterocycles. The van der Waals surface area contributed by atoms with Crippen LogP contribution in [-0.4, -0.2) is 47.5 Å². The van der Waals surface area contributed by atoms with Crippen molar-refractivity contribution in [1.82, 2.24) is 9.55 Å². The first-order chi connectivity index (χ1) is 12.6. The van der Waals surface area contributed by atoms with Gasteiger partial charge in [0.25, 0.3) is 0 Å². The molecular formula is C20H28N2O4. The Morgan fingerprint density at radius 3 is 2.81 bits per heavy atom. The Labute approximate surface area is 155 Å². The highest BCUT2D eigenvalue weighted by Gasteiger charge is 2.42.